The molecule has 0 unspecified atom stereocenters. The molecule has 1 aliphatic heterocycles. The van der Waals surface area contributed by atoms with E-state index in [1.165, 1.54) is 16.8 Å². The van der Waals surface area contributed by atoms with Crippen LogP contribution >= 0.6 is 11.3 Å². The van der Waals surface area contributed by atoms with Gasteiger partial charge in [-0.15, -0.1) is 0 Å². The average Bonchev–Trinajstić information content (AvgIpc) is 3.45. The second kappa shape index (κ2) is 7.75. The molecule has 0 saturated carbocycles. The molecular weight excluding hydrogens is 402 g/mol. The van der Waals surface area contributed by atoms with Crippen LogP contribution in [0.3, 0.4) is 0 Å². The molecule has 0 bridgehead atoms. The number of nitrogens with zero attached hydrogens (tertiary/aromatic N) is 5. The highest BCUT2D eigenvalue weighted by Gasteiger charge is 2.26. The molecule has 1 N–H and O–H groups in total. The molecule has 1 aromatic carbocycles. The van der Waals surface area contributed by atoms with Crippen LogP contribution in [0.15, 0.2) is 53.6 Å². The summed E-state index contributed by atoms with van der Waals surface area (Å²) in [6, 6.07) is 10.1. The van der Waals surface area contributed by atoms with Crippen LogP contribution in [0, 0.1) is 0 Å². The zero-order valence-corrected chi connectivity index (χ0v) is 16.8. The van der Waals surface area contributed by atoms with Gasteiger partial charge in [0.05, 0.1) is 12.2 Å². The Morgan fingerprint density at radius 2 is 1.90 bits per heavy atom. The largest absolute Gasteiger partial charge is 0.465 e. The third kappa shape index (κ3) is 3.48. The van der Waals surface area contributed by atoms with Crippen LogP contribution in [0.5, 0.6) is 11.6 Å². The van der Waals surface area contributed by atoms with Gasteiger partial charge in [-0.05, 0) is 52.9 Å². The summed E-state index contributed by atoms with van der Waals surface area (Å²) in [7, 11) is 0. The third-order valence-corrected chi connectivity index (χ3v) is 6.04. The molecule has 0 aliphatic carbocycles. The number of likely N-dealkylation sites (tertiary alicyclic amines) is 1. The predicted octanol–water partition coefficient (Wildman–Crippen LogP) is 4.66. The zero-order chi connectivity index (χ0) is 20.5. The number of benzene rings is 1. The summed E-state index contributed by atoms with van der Waals surface area (Å²) in [5, 5.41) is 18.6. The van der Waals surface area contributed by atoms with Crippen molar-refractivity contribution in [2.75, 3.05) is 13.1 Å². The lowest BCUT2D eigenvalue weighted by Crippen LogP contribution is -2.38. The number of aromatic nitrogens is 4. The first-order valence-electron chi connectivity index (χ1n) is 9.65. The van der Waals surface area contributed by atoms with Gasteiger partial charge >= 0.3 is 6.09 Å². The highest BCUT2D eigenvalue weighted by atomic mass is 32.1. The average molecular weight is 421 g/mol. The minimum Gasteiger partial charge on any atom is -0.465 e. The number of thiophene rings is 1. The maximum absolute atomic E-state index is 11.1. The maximum atomic E-state index is 11.1. The molecule has 1 amide bonds. The summed E-state index contributed by atoms with van der Waals surface area (Å²) in [5.74, 6) is 1.15. The lowest BCUT2D eigenvalue weighted by molar-refractivity contribution is 0.124. The Morgan fingerprint density at radius 1 is 1.10 bits per heavy atom. The first-order chi connectivity index (χ1) is 14.7. The second-order valence-corrected chi connectivity index (χ2v) is 7.92. The van der Waals surface area contributed by atoms with Gasteiger partial charge in [0.15, 0.2) is 5.65 Å². The van der Waals surface area contributed by atoms with Crippen molar-refractivity contribution in [1.82, 2.24) is 24.6 Å². The summed E-state index contributed by atoms with van der Waals surface area (Å²) in [6.45, 7) is 0.985. The third-order valence-electron chi connectivity index (χ3n) is 5.36. The lowest BCUT2D eigenvalue weighted by Gasteiger charge is -2.30. The van der Waals surface area contributed by atoms with E-state index in [2.05, 4.69) is 31.9 Å². The van der Waals surface area contributed by atoms with E-state index in [9.17, 15) is 4.79 Å². The molecule has 0 spiro atoms. The topological polar surface area (TPSA) is 93.4 Å². The number of hydrogen-bond acceptors (Lipinski definition) is 6. The van der Waals surface area contributed by atoms with Gasteiger partial charge in [0, 0.05) is 13.1 Å². The van der Waals surface area contributed by atoms with Gasteiger partial charge in [0.25, 0.3) is 0 Å². The number of carboxylic acid groups (broad SMARTS) is 1. The van der Waals surface area contributed by atoms with Gasteiger partial charge in [0.1, 0.15) is 17.5 Å². The number of rotatable bonds is 4. The first-order valence-corrected chi connectivity index (χ1v) is 10.6. The Morgan fingerprint density at radius 3 is 2.60 bits per heavy atom. The SMILES string of the molecule is O=C(O)N1CCC(n2ncc3c(Oc4ccc(-c5ccsc5)cc4)ncnc32)CC1. The van der Waals surface area contributed by atoms with Gasteiger partial charge in [0.2, 0.25) is 5.88 Å². The monoisotopic (exact) mass is 421 g/mol. The Balaban J connectivity index is 1.37. The fourth-order valence-electron chi connectivity index (χ4n) is 3.75. The number of carbonyl (C=O) groups is 1. The van der Waals surface area contributed by atoms with E-state index in [1.54, 1.807) is 17.5 Å². The van der Waals surface area contributed by atoms with E-state index < -0.39 is 6.09 Å². The van der Waals surface area contributed by atoms with Crippen molar-refractivity contribution >= 4 is 28.5 Å². The standard InChI is InChI=1S/C21H19N5O3S/c27-21(28)25-8-5-16(6-9-25)26-19-18(11-24-26)20(23-13-22-19)29-17-3-1-14(2-4-17)15-7-10-30-12-15/h1-4,7,10-13,16H,5-6,8-9H2,(H,27,28). The Bertz CT molecular complexity index is 1170. The van der Waals surface area contributed by atoms with E-state index in [4.69, 9.17) is 9.84 Å². The normalized spacial score (nSPS) is 14.9. The summed E-state index contributed by atoms with van der Waals surface area (Å²) in [6.07, 6.45) is 3.72. The van der Waals surface area contributed by atoms with E-state index in [-0.39, 0.29) is 6.04 Å². The van der Waals surface area contributed by atoms with E-state index in [0.29, 0.717) is 43.2 Å². The Labute approximate surface area is 176 Å². The molecule has 1 fully saturated rings. The molecular formula is C21H19N5O3S. The van der Waals surface area contributed by atoms with Crippen LogP contribution in [0.1, 0.15) is 18.9 Å². The van der Waals surface area contributed by atoms with Crippen molar-refractivity contribution in [3.05, 3.63) is 53.6 Å². The number of fused-ring (bicyclic) bond motifs is 1. The second-order valence-electron chi connectivity index (χ2n) is 7.14. The molecule has 8 nitrogen and oxygen atoms in total. The number of ether oxygens (including phenoxy) is 1. The highest BCUT2D eigenvalue weighted by molar-refractivity contribution is 7.08. The fourth-order valence-corrected chi connectivity index (χ4v) is 4.41. The quantitative estimate of drug-likeness (QED) is 0.515. The summed E-state index contributed by atoms with van der Waals surface area (Å²) in [5.41, 5.74) is 3.02. The molecule has 0 radical (unpaired) electrons. The molecule has 9 heteroatoms. The highest BCUT2D eigenvalue weighted by Crippen LogP contribution is 2.31. The van der Waals surface area contributed by atoms with E-state index >= 15 is 0 Å². The molecule has 1 saturated heterocycles. The number of hydrogen-bond donors (Lipinski definition) is 1. The van der Waals surface area contributed by atoms with Crippen molar-refractivity contribution in [2.45, 2.75) is 18.9 Å². The lowest BCUT2D eigenvalue weighted by atomic mass is 10.1. The number of amides is 1. The van der Waals surface area contributed by atoms with Crippen molar-refractivity contribution in [3.63, 3.8) is 0 Å². The first kappa shape index (κ1) is 18.6. The molecule has 30 heavy (non-hydrogen) atoms. The maximum Gasteiger partial charge on any atom is 0.407 e. The van der Waals surface area contributed by atoms with E-state index in [0.717, 1.165) is 10.9 Å². The van der Waals surface area contributed by atoms with Crippen molar-refractivity contribution in [3.8, 4) is 22.8 Å². The van der Waals surface area contributed by atoms with Crippen molar-refractivity contribution in [2.24, 2.45) is 0 Å². The van der Waals surface area contributed by atoms with Gasteiger partial charge in [-0.3, -0.25) is 0 Å². The Hall–Kier alpha value is -3.46. The van der Waals surface area contributed by atoms with Crippen LogP contribution in [0.4, 0.5) is 4.79 Å². The minimum absolute atomic E-state index is 0.103. The molecule has 0 atom stereocenters. The van der Waals surface area contributed by atoms with Crippen LogP contribution in [0.2, 0.25) is 0 Å². The molecule has 152 valence electrons. The number of piperidine rings is 1. The molecule has 4 aromatic rings. The van der Waals surface area contributed by atoms with Crippen LogP contribution < -0.4 is 4.74 Å². The van der Waals surface area contributed by atoms with Gasteiger partial charge in [-0.2, -0.15) is 16.4 Å². The summed E-state index contributed by atoms with van der Waals surface area (Å²) in [4.78, 5) is 21.3. The van der Waals surface area contributed by atoms with Crippen molar-refractivity contribution < 1.29 is 14.6 Å². The predicted molar refractivity (Wildman–Crippen MR) is 113 cm³/mol. The van der Waals surface area contributed by atoms with E-state index in [1.807, 2.05) is 28.9 Å². The van der Waals surface area contributed by atoms with Crippen LogP contribution in [0.25, 0.3) is 22.2 Å². The molecule has 5 rings (SSSR count). The van der Waals surface area contributed by atoms with Gasteiger partial charge in [-0.25, -0.2) is 19.4 Å². The smallest absolute Gasteiger partial charge is 0.407 e. The van der Waals surface area contributed by atoms with Gasteiger partial charge in [-0.1, -0.05) is 12.1 Å². The van der Waals surface area contributed by atoms with Crippen molar-refractivity contribution in [1.29, 1.82) is 0 Å². The fraction of sp³-hybridized carbons (Fsp3) is 0.238. The summed E-state index contributed by atoms with van der Waals surface area (Å²) >= 11 is 1.67. The van der Waals surface area contributed by atoms with Crippen LogP contribution in [-0.2, 0) is 0 Å². The Kier molecular flexibility index (Phi) is 4.80. The molecule has 4 heterocycles. The zero-order valence-electron chi connectivity index (χ0n) is 16.0. The van der Waals surface area contributed by atoms with Gasteiger partial charge < -0.3 is 14.7 Å². The minimum atomic E-state index is -0.873. The molecule has 3 aromatic heterocycles. The summed E-state index contributed by atoms with van der Waals surface area (Å²) < 4.78 is 7.89. The van der Waals surface area contributed by atoms with Crippen LogP contribution in [-0.4, -0.2) is 48.9 Å². The molecule has 1 aliphatic rings.